The fraction of sp³-hybridized carbons (Fsp3) is 0.391. The quantitative estimate of drug-likeness (QED) is 0.638. The van der Waals surface area contributed by atoms with E-state index in [0.29, 0.717) is 24.3 Å². The van der Waals surface area contributed by atoms with Crippen LogP contribution in [0.2, 0.25) is 0 Å². The molecule has 0 spiro atoms. The lowest BCUT2D eigenvalue weighted by molar-refractivity contribution is -0.123. The Bertz CT molecular complexity index is 767. The number of nitrogens with zero attached hydrogens (tertiary/aromatic N) is 1. The van der Waals surface area contributed by atoms with Crippen molar-refractivity contribution < 1.29 is 14.3 Å². The van der Waals surface area contributed by atoms with E-state index in [-0.39, 0.29) is 24.3 Å². The van der Waals surface area contributed by atoms with Gasteiger partial charge in [0, 0.05) is 18.5 Å². The van der Waals surface area contributed by atoms with Crippen LogP contribution in [0.4, 0.5) is 0 Å². The van der Waals surface area contributed by atoms with Crippen molar-refractivity contribution in [3.05, 3.63) is 65.2 Å². The number of aryl methyl sites for hydroxylation is 1. The number of amides is 1. The molecule has 0 saturated carbocycles. The second-order valence-electron chi connectivity index (χ2n) is 6.97. The monoisotopic (exact) mass is 382 g/mol. The minimum absolute atomic E-state index is 0.0595. The van der Waals surface area contributed by atoms with E-state index in [0.717, 1.165) is 6.42 Å². The Balaban J connectivity index is 1.86. The van der Waals surface area contributed by atoms with Crippen LogP contribution >= 0.6 is 0 Å². The van der Waals surface area contributed by atoms with Crippen molar-refractivity contribution in [1.82, 2.24) is 10.2 Å². The minimum atomic E-state index is -0.175. The maximum Gasteiger partial charge on any atom is 0.258 e. The third kappa shape index (κ3) is 6.20. The summed E-state index contributed by atoms with van der Waals surface area (Å²) < 4.78 is 5.53. The van der Waals surface area contributed by atoms with Gasteiger partial charge in [-0.2, -0.15) is 0 Å². The van der Waals surface area contributed by atoms with Gasteiger partial charge in [0.15, 0.2) is 12.4 Å². The summed E-state index contributed by atoms with van der Waals surface area (Å²) in [6.07, 6.45) is 1.48. The molecular weight excluding hydrogens is 352 g/mol. The molecule has 1 atom stereocenters. The zero-order valence-corrected chi connectivity index (χ0v) is 17.2. The predicted molar refractivity (Wildman–Crippen MR) is 112 cm³/mol. The number of carbonyl (C=O) groups is 2. The molecule has 0 saturated heterocycles. The lowest BCUT2D eigenvalue weighted by Gasteiger charge is -2.25. The Morgan fingerprint density at radius 2 is 1.64 bits per heavy atom. The third-order valence-corrected chi connectivity index (χ3v) is 4.76. The van der Waals surface area contributed by atoms with Gasteiger partial charge in [0.1, 0.15) is 5.75 Å². The average molecular weight is 383 g/mol. The molecule has 1 amide bonds. The van der Waals surface area contributed by atoms with E-state index < -0.39 is 0 Å². The zero-order chi connectivity index (χ0) is 20.5. The number of ether oxygens (including phenoxy) is 1. The van der Waals surface area contributed by atoms with E-state index in [9.17, 15) is 9.59 Å². The highest BCUT2D eigenvalue weighted by atomic mass is 16.5. The second-order valence-corrected chi connectivity index (χ2v) is 6.97. The number of nitrogens with one attached hydrogen (secondary N) is 1. The Labute approximate surface area is 167 Å². The standard InChI is InChI=1S/C23H30N2O3/c1-5-17-7-9-18(10-8-17)21(25(3)4)15-24-23(27)16-28-20-13-11-19(12-14-20)22(26)6-2/h7-14,21H,5-6,15-16H2,1-4H3,(H,24,27). The van der Waals surface area contributed by atoms with Crippen LogP contribution in [0.3, 0.4) is 0 Å². The van der Waals surface area contributed by atoms with Crippen molar-refractivity contribution in [3.8, 4) is 5.75 Å². The molecular formula is C23H30N2O3. The minimum Gasteiger partial charge on any atom is -0.484 e. The number of benzene rings is 2. The van der Waals surface area contributed by atoms with Gasteiger partial charge < -0.3 is 15.0 Å². The van der Waals surface area contributed by atoms with E-state index in [1.807, 2.05) is 21.0 Å². The van der Waals surface area contributed by atoms with E-state index in [1.54, 1.807) is 24.3 Å². The Kier molecular flexibility index (Phi) is 8.20. The number of likely N-dealkylation sites (N-methyl/N-ethyl adjacent to an activating group) is 1. The first-order valence-corrected chi connectivity index (χ1v) is 9.72. The van der Waals surface area contributed by atoms with E-state index >= 15 is 0 Å². The molecule has 2 aromatic rings. The highest BCUT2D eigenvalue weighted by Crippen LogP contribution is 2.18. The van der Waals surface area contributed by atoms with Crippen LogP contribution in [0, 0.1) is 0 Å². The van der Waals surface area contributed by atoms with Crippen LogP contribution in [-0.4, -0.2) is 43.8 Å². The summed E-state index contributed by atoms with van der Waals surface area (Å²) in [6.45, 7) is 4.41. The van der Waals surface area contributed by atoms with Gasteiger partial charge in [-0.1, -0.05) is 38.1 Å². The Morgan fingerprint density at radius 3 is 2.18 bits per heavy atom. The maximum atomic E-state index is 12.2. The molecule has 5 nitrogen and oxygen atoms in total. The molecule has 0 aliphatic rings. The van der Waals surface area contributed by atoms with Crippen LogP contribution in [-0.2, 0) is 11.2 Å². The molecule has 5 heteroatoms. The molecule has 0 bridgehead atoms. The summed E-state index contributed by atoms with van der Waals surface area (Å²) in [4.78, 5) is 25.9. The topological polar surface area (TPSA) is 58.6 Å². The van der Waals surface area contributed by atoms with Crippen LogP contribution in [0.25, 0.3) is 0 Å². The predicted octanol–water partition coefficient (Wildman–Crippen LogP) is 3.64. The van der Waals surface area contributed by atoms with Crippen LogP contribution in [0.1, 0.15) is 47.8 Å². The second kappa shape index (κ2) is 10.6. The highest BCUT2D eigenvalue weighted by Gasteiger charge is 2.15. The summed E-state index contributed by atoms with van der Waals surface area (Å²) in [5, 5.41) is 2.94. The summed E-state index contributed by atoms with van der Waals surface area (Å²) >= 11 is 0. The van der Waals surface area contributed by atoms with E-state index in [2.05, 4.69) is 41.4 Å². The van der Waals surface area contributed by atoms with Gasteiger partial charge in [-0.05, 0) is 55.9 Å². The van der Waals surface area contributed by atoms with Crippen LogP contribution in [0.5, 0.6) is 5.75 Å². The number of Topliss-reactive ketones (excluding diaryl/α,β-unsaturated/α-hetero) is 1. The smallest absolute Gasteiger partial charge is 0.258 e. The zero-order valence-electron chi connectivity index (χ0n) is 17.2. The van der Waals surface area contributed by atoms with Gasteiger partial charge in [0.25, 0.3) is 5.91 Å². The number of hydrogen-bond donors (Lipinski definition) is 1. The molecule has 0 aliphatic heterocycles. The molecule has 0 fully saturated rings. The van der Waals surface area contributed by atoms with Gasteiger partial charge in [-0.15, -0.1) is 0 Å². The average Bonchev–Trinajstić information content (AvgIpc) is 2.72. The van der Waals surface area contributed by atoms with Crippen molar-refractivity contribution in [3.63, 3.8) is 0 Å². The van der Waals surface area contributed by atoms with Gasteiger partial charge >= 0.3 is 0 Å². The lowest BCUT2D eigenvalue weighted by atomic mass is 10.0. The summed E-state index contributed by atoms with van der Waals surface area (Å²) in [5.41, 5.74) is 3.12. The summed E-state index contributed by atoms with van der Waals surface area (Å²) in [5.74, 6) is 0.485. The molecule has 0 aromatic heterocycles. The Morgan fingerprint density at radius 1 is 1.00 bits per heavy atom. The number of ketones is 1. The van der Waals surface area contributed by atoms with Crippen molar-refractivity contribution >= 4 is 11.7 Å². The fourth-order valence-corrected chi connectivity index (χ4v) is 2.93. The maximum absolute atomic E-state index is 12.2. The van der Waals surface area contributed by atoms with Crippen molar-refractivity contribution in [2.45, 2.75) is 32.7 Å². The van der Waals surface area contributed by atoms with Crippen molar-refractivity contribution in [2.75, 3.05) is 27.2 Å². The molecule has 2 rings (SSSR count). The number of carbonyl (C=O) groups excluding carboxylic acids is 2. The molecule has 2 aromatic carbocycles. The number of rotatable bonds is 10. The van der Waals surface area contributed by atoms with Crippen molar-refractivity contribution in [1.29, 1.82) is 0 Å². The van der Waals surface area contributed by atoms with Crippen LogP contribution < -0.4 is 10.1 Å². The van der Waals surface area contributed by atoms with Crippen molar-refractivity contribution in [2.24, 2.45) is 0 Å². The van der Waals surface area contributed by atoms with Gasteiger partial charge in [0.2, 0.25) is 0 Å². The van der Waals surface area contributed by atoms with Gasteiger partial charge in [-0.25, -0.2) is 0 Å². The van der Waals surface area contributed by atoms with Crippen LogP contribution in [0.15, 0.2) is 48.5 Å². The van der Waals surface area contributed by atoms with E-state index in [4.69, 9.17) is 4.74 Å². The molecule has 0 heterocycles. The summed E-state index contributed by atoms with van der Waals surface area (Å²) in [7, 11) is 4.00. The first-order valence-electron chi connectivity index (χ1n) is 9.72. The molecule has 0 radical (unpaired) electrons. The van der Waals surface area contributed by atoms with Gasteiger partial charge in [0.05, 0.1) is 6.04 Å². The summed E-state index contributed by atoms with van der Waals surface area (Å²) in [6, 6.07) is 15.5. The largest absolute Gasteiger partial charge is 0.484 e. The number of hydrogen-bond acceptors (Lipinski definition) is 4. The van der Waals surface area contributed by atoms with E-state index in [1.165, 1.54) is 11.1 Å². The first-order chi connectivity index (χ1) is 13.4. The first kappa shape index (κ1) is 21.6. The van der Waals surface area contributed by atoms with Gasteiger partial charge in [-0.3, -0.25) is 9.59 Å². The Hall–Kier alpha value is -2.66. The third-order valence-electron chi connectivity index (χ3n) is 4.76. The highest BCUT2D eigenvalue weighted by molar-refractivity contribution is 5.95. The molecule has 1 N–H and O–H groups in total. The molecule has 1 unspecified atom stereocenters. The fourth-order valence-electron chi connectivity index (χ4n) is 2.93. The molecule has 28 heavy (non-hydrogen) atoms. The SMILES string of the molecule is CCC(=O)c1ccc(OCC(=O)NCC(c2ccc(CC)cc2)N(C)C)cc1. The normalized spacial score (nSPS) is 11.9. The molecule has 0 aliphatic carbocycles. The molecule has 150 valence electrons. The lowest BCUT2D eigenvalue weighted by Crippen LogP contribution is -2.36.